The van der Waals surface area contributed by atoms with E-state index in [1.54, 1.807) is 0 Å². The summed E-state index contributed by atoms with van der Waals surface area (Å²) in [7, 11) is 0. The number of nitrogens with one attached hydrogen (secondary N) is 1. The number of carbonyl (C=O) groups is 1. The molecule has 110 valence electrons. The molecule has 0 saturated heterocycles. The van der Waals surface area contributed by atoms with E-state index in [0.717, 1.165) is 18.2 Å². The molecule has 0 unspecified atom stereocenters. The average Bonchev–Trinajstić information content (AvgIpc) is 2.90. The van der Waals surface area contributed by atoms with E-state index in [0.29, 0.717) is 18.0 Å². The van der Waals surface area contributed by atoms with E-state index < -0.39 is 16.6 Å². The molecular formula is C12H11FN4O3S. The second kappa shape index (κ2) is 6.37. The summed E-state index contributed by atoms with van der Waals surface area (Å²) in [6, 6.07) is 2.90. The number of aromatic nitrogens is 1. The van der Waals surface area contributed by atoms with Crippen LogP contribution in [0.4, 0.5) is 15.8 Å². The number of hydrogen-bond donors (Lipinski definition) is 2. The van der Waals surface area contributed by atoms with Crippen molar-refractivity contribution in [1.29, 1.82) is 0 Å². The highest BCUT2D eigenvalue weighted by atomic mass is 32.1. The zero-order valence-electron chi connectivity index (χ0n) is 10.7. The van der Waals surface area contributed by atoms with Crippen LogP contribution in [0.25, 0.3) is 0 Å². The molecule has 1 heterocycles. The molecule has 0 bridgehead atoms. The minimum Gasteiger partial charge on any atom is -0.330 e. The van der Waals surface area contributed by atoms with Crippen molar-refractivity contribution in [1.82, 2.24) is 4.98 Å². The fourth-order valence-corrected chi connectivity index (χ4v) is 2.36. The topological polar surface area (TPSA) is 111 Å². The first kappa shape index (κ1) is 15.0. The molecule has 0 atom stereocenters. The van der Waals surface area contributed by atoms with E-state index in [9.17, 15) is 19.3 Å². The van der Waals surface area contributed by atoms with Crippen LogP contribution in [0.1, 0.15) is 15.5 Å². The molecule has 3 N–H and O–H groups in total. The first-order valence-corrected chi connectivity index (χ1v) is 6.79. The summed E-state index contributed by atoms with van der Waals surface area (Å²) in [5.74, 6) is -1.39. The van der Waals surface area contributed by atoms with Crippen LogP contribution < -0.4 is 11.1 Å². The van der Waals surface area contributed by atoms with E-state index >= 15 is 0 Å². The fraction of sp³-hybridized carbons (Fsp3) is 0.167. The SMILES string of the molecule is NCCc1nc(C(=O)Nc2cc([N+](=O)[O-])ccc2F)cs1. The maximum absolute atomic E-state index is 13.6. The molecule has 0 aliphatic carbocycles. The lowest BCUT2D eigenvalue weighted by atomic mass is 10.2. The van der Waals surface area contributed by atoms with Crippen molar-refractivity contribution in [2.24, 2.45) is 5.73 Å². The van der Waals surface area contributed by atoms with Crippen LogP contribution >= 0.6 is 11.3 Å². The Kier molecular flexibility index (Phi) is 4.55. The number of hydrogen-bond acceptors (Lipinski definition) is 6. The van der Waals surface area contributed by atoms with E-state index in [1.807, 2.05) is 0 Å². The highest BCUT2D eigenvalue weighted by molar-refractivity contribution is 7.09. The number of benzene rings is 1. The van der Waals surface area contributed by atoms with Gasteiger partial charge in [0.05, 0.1) is 15.6 Å². The van der Waals surface area contributed by atoms with Crippen molar-refractivity contribution >= 4 is 28.6 Å². The van der Waals surface area contributed by atoms with Gasteiger partial charge in [-0.15, -0.1) is 11.3 Å². The monoisotopic (exact) mass is 310 g/mol. The summed E-state index contributed by atoms with van der Waals surface area (Å²) in [6.07, 6.45) is 0.545. The van der Waals surface area contributed by atoms with Crippen molar-refractivity contribution in [3.63, 3.8) is 0 Å². The number of nitro groups is 1. The molecule has 0 aliphatic heterocycles. The number of non-ortho nitro benzene ring substituents is 1. The van der Waals surface area contributed by atoms with Gasteiger partial charge in [0.2, 0.25) is 0 Å². The number of nitrogens with zero attached hydrogens (tertiary/aromatic N) is 2. The van der Waals surface area contributed by atoms with Crippen LogP contribution in [0.2, 0.25) is 0 Å². The lowest BCUT2D eigenvalue weighted by Gasteiger charge is -2.04. The molecule has 1 aromatic carbocycles. The van der Waals surface area contributed by atoms with Crippen molar-refractivity contribution < 1.29 is 14.1 Å². The van der Waals surface area contributed by atoms with Gasteiger partial charge in [-0.3, -0.25) is 14.9 Å². The largest absolute Gasteiger partial charge is 0.330 e. The van der Waals surface area contributed by atoms with Crippen LogP contribution in [0, 0.1) is 15.9 Å². The normalized spacial score (nSPS) is 10.4. The molecule has 7 nitrogen and oxygen atoms in total. The minimum atomic E-state index is -0.758. The van der Waals surface area contributed by atoms with Gasteiger partial charge in [-0.05, 0) is 12.6 Å². The number of thiazole rings is 1. The highest BCUT2D eigenvalue weighted by Crippen LogP contribution is 2.22. The molecule has 1 aromatic heterocycles. The van der Waals surface area contributed by atoms with Gasteiger partial charge in [-0.25, -0.2) is 9.37 Å². The molecule has 1 amide bonds. The highest BCUT2D eigenvalue weighted by Gasteiger charge is 2.16. The first-order chi connectivity index (χ1) is 10.0. The number of carbonyl (C=O) groups excluding carboxylic acids is 1. The number of halogens is 1. The smallest absolute Gasteiger partial charge is 0.275 e. The average molecular weight is 310 g/mol. The second-order valence-corrected chi connectivity index (χ2v) is 4.98. The molecule has 0 radical (unpaired) electrons. The third-order valence-corrected chi connectivity index (χ3v) is 3.46. The van der Waals surface area contributed by atoms with E-state index in [4.69, 9.17) is 5.73 Å². The van der Waals surface area contributed by atoms with Crippen molar-refractivity contribution in [2.75, 3.05) is 11.9 Å². The predicted octanol–water partition coefficient (Wildman–Crippen LogP) is 1.94. The van der Waals surface area contributed by atoms with Gasteiger partial charge < -0.3 is 11.1 Å². The maximum atomic E-state index is 13.6. The van der Waals surface area contributed by atoms with Gasteiger partial charge in [-0.1, -0.05) is 0 Å². The summed E-state index contributed by atoms with van der Waals surface area (Å²) < 4.78 is 13.6. The zero-order valence-corrected chi connectivity index (χ0v) is 11.5. The lowest BCUT2D eigenvalue weighted by molar-refractivity contribution is -0.384. The number of amides is 1. The van der Waals surface area contributed by atoms with Crippen LogP contribution in [0.3, 0.4) is 0 Å². The van der Waals surface area contributed by atoms with Gasteiger partial charge in [0.1, 0.15) is 11.5 Å². The summed E-state index contributed by atoms with van der Waals surface area (Å²) in [5, 5.41) is 15.1. The fourth-order valence-electron chi connectivity index (χ4n) is 1.56. The Morgan fingerprint density at radius 2 is 2.29 bits per heavy atom. The quantitative estimate of drug-likeness (QED) is 0.647. The van der Waals surface area contributed by atoms with Gasteiger partial charge in [0.25, 0.3) is 11.6 Å². The molecule has 0 spiro atoms. The summed E-state index contributed by atoms with van der Waals surface area (Å²) in [5.41, 5.74) is 4.93. The Labute approximate surface area is 122 Å². The van der Waals surface area contributed by atoms with Crippen LogP contribution in [-0.2, 0) is 6.42 Å². The Balaban J connectivity index is 2.18. The van der Waals surface area contributed by atoms with Crippen molar-refractivity contribution in [3.8, 4) is 0 Å². The molecular weight excluding hydrogens is 299 g/mol. The Morgan fingerprint density at radius 1 is 1.52 bits per heavy atom. The molecule has 0 aliphatic rings. The van der Waals surface area contributed by atoms with Gasteiger partial charge in [-0.2, -0.15) is 0 Å². The van der Waals surface area contributed by atoms with E-state index in [1.165, 1.54) is 16.7 Å². The second-order valence-electron chi connectivity index (χ2n) is 4.04. The van der Waals surface area contributed by atoms with Crippen LogP contribution in [-0.4, -0.2) is 22.4 Å². The molecule has 2 aromatic rings. The Morgan fingerprint density at radius 3 is 2.95 bits per heavy atom. The minimum absolute atomic E-state index is 0.120. The molecule has 0 fully saturated rings. The molecule has 2 rings (SSSR count). The third kappa shape index (κ3) is 3.58. The number of anilines is 1. The molecule has 21 heavy (non-hydrogen) atoms. The van der Waals surface area contributed by atoms with Crippen LogP contribution in [0.5, 0.6) is 0 Å². The van der Waals surface area contributed by atoms with E-state index in [-0.39, 0.29) is 17.1 Å². The van der Waals surface area contributed by atoms with Gasteiger partial charge in [0, 0.05) is 23.9 Å². The van der Waals surface area contributed by atoms with Crippen molar-refractivity contribution in [2.45, 2.75) is 6.42 Å². The third-order valence-electron chi connectivity index (χ3n) is 2.55. The Bertz CT molecular complexity index is 689. The standard InChI is InChI=1S/C12H11FN4O3S/c13-8-2-1-7(17(19)20)5-9(8)16-12(18)10-6-21-11(15-10)3-4-14/h1-2,5-6H,3-4,14H2,(H,16,18). The summed E-state index contributed by atoms with van der Waals surface area (Å²) in [6.45, 7) is 0.411. The maximum Gasteiger partial charge on any atom is 0.275 e. The molecule has 9 heteroatoms. The molecule has 0 saturated carbocycles. The Hall–Kier alpha value is -2.39. The zero-order chi connectivity index (χ0) is 15.4. The van der Waals surface area contributed by atoms with Gasteiger partial charge >= 0.3 is 0 Å². The van der Waals surface area contributed by atoms with Crippen LogP contribution in [0.15, 0.2) is 23.6 Å². The summed E-state index contributed by atoms with van der Waals surface area (Å²) in [4.78, 5) is 26.0. The predicted molar refractivity (Wildman–Crippen MR) is 75.9 cm³/mol. The first-order valence-electron chi connectivity index (χ1n) is 5.91. The number of nitrogens with two attached hydrogens (primary N) is 1. The number of rotatable bonds is 5. The number of nitro benzene ring substituents is 1. The van der Waals surface area contributed by atoms with E-state index in [2.05, 4.69) is 10.3 Å². The van der Waals surface area contributed by atoms with Gasteiger partial charge in [0.15, 0.2) is 0 Å². The lowest BCUT2D eigenvalue weighted by Crippen LogP contribution is -2.14. The summed E-state index contributed by atoms with van der Waals surface area (Å²) >= 11 is 1.27. The van der Waals surface area contributed by atoms with Crippen molar-refractivity contribution in [3.05, 3.63) is 50.2 Å².